The Morgan fingerprint density at radius 3 is 2.33 bits per heavy atom. The highest BCUT2D eigenvalue weighted by Crippen LogP contribution is 2.16. The van der Waals surface area contributed by atoms with Gasteiger partial charge in [-0.25, -0.2) is 4.79 Å². The van der Waals surface area contributed by atoms with Crippen LogP contribution in [0.3, 0.4) is 0 Å². The van der Waals surface area contributed by atoms with Gasteiger partial charge in [-0.2, -0.15) is 13.2 Å². The molecule has 0 bridgehead atoms. The zero-order valence-corrected chi connectivity index (χ0v) is 15.3. The van der Waals surface area contributed by atoms with Crippen LogP contribution in [-0.4, -0.2) is 30.8 Å². The van der Waals surface area contributed by atoms with Crippen LogP contribution in [0, 0.1) is 6.92 Å². The zero-order valence-electron chi connectivity index (χ0n) is 15.3. The summed E-state index contributed by atoms with van der Waals surface area (Å²) in [6.45, 7) is 1.47. The predicted molar refractivity (Wildman–Crippen MR) is 97.0 cm³/mol. The predicted octanol–water partition coefficient (Wildman–Crippen LogP) is 4.42. The number of rotatable bonds is 7. The van der Waals surface area contributed by atoms with Gasteiger partial charge < -0.3 is 15.0 Å². The standard InChI is InChI=1S/C20H23F3N2O2/c1-15-5-3-4-6-18(15)12-25(2)19(26)24-11-16-7-9-17(10-8-16)13-27-14-20(21,22)23/h3-10H,11-14H2,1-2H3,(H,24,26). The molecule has 0 fully saturated rings. The molecule has 0 saturated heterocycles. The minimum Gasteiger partial charge on any atom is -0.367 e. The van der Waals surface area contributed by atoms with Crippen molar-refractivity contribution >= 4 is 6.03 Å². The highest BCUT2D eigenvalue weighted by Gasteiger charge is 2.27. The molecule has 0 saturated carbocycles. The normalized spacial score (nSPS) is 11.3. The number of hydrogen-bond donors (Lipinski definition) is 1. The van der Waals surface area contributed by atoms with Gasteiger partial charge in [-0.3, -0.25) is 0 Å². The van der Waals surface area contributed by atoms with Gasteiger partial charge in [0.05, 0.1) is 6.61 Å². The Labute approximate surface area is 156 Å². The van der Waals surface area contributed by atoms with Crippen LogP contribution < -0.4 is 5.32 Å². The lowest BCUT2D eigenvalue weighted by atomic mass is 10.1. The first-order valence-electron chi connectivity index (χ1n) is 8.50. The van der Waals surface area contributed by atoms with Crippen LogP contribution in [0.4, 0.5) is 18.0 Å². The lowest BCUT2D eigenvalue weighted by Crippen LogP contribution is -2.36. The quantitative estimate of drug-likeness (QED) is 0.773. The number of benzene rings is 2. The molecule has 4 nitrogen and oxygen atoms in total. The van der Waals surface area contributed by atoms with Crippen molar-refractivity contribution in [3.05, 3.63) is 70.8 Å². The highest BCUT2D eigenvalue weighted by atomic mass is 19.4. The zero-order chi connectivity index (χ0) is 19.9. The van der Waals surface area contributed by atoms with E-state index in [0.717, 1.165) is 16.7 Å². The largest absolute Gasteiger partial charge is 0.411 e. The van der Waals surface area contributed by atoms with E-state index in [1.54, 1.807) is 36.2 Å². The molecule has 0 heterocycles. The summed E-state index contributed by atoms with van der Waals surface area (Å²) in [7, 11) is 1.73. The number of alkyl halides is 3. The number of carbonyl (C=O) groups is 1. The highest BCUT2D eigenvalue weighted by molar-refractivity contribution is 5.73. The van der Waals surface area contributed by atoms with Crippen LogP contribution in [0.2, 0.25) is 0 Å². The van der Waals surface area contributed by atoms with E-state index >= 15 is 0 Å². The molecule has 0 aromatic heterocycles. The average molecular weight is 380 g/mol. The smallest absolute Gasteiger partial charge is 0.367 e. The third-order valence-electron chi connectivity index (χ3n) is 4.02. The van der Waals surface area contributed by atoms with E-state index in [4.69, 9.17) is 0 Å². The van der Waals surface area contributed by atoms with Gasteiger partial charge in [0.1, 0.15) is 6.61 Å². The van der Waals surface area contributed by atoms with Crippen molar-refractivity contribution in [1.82, 2.24) is 10.2 Å². The third kappa shape index (κ3) is 7.30. The Morgan fingerprint density at radius 1 is 1.07 bits per heavy atom. The monoisotopic (exact) mass is 380 g/mol. The molecule has 0 aliphatic carbocycles. The minimum atomic E-state index is -4.32. The van der Waals surface area contributed by atoms with Gasteiger partial charge >= 0.3 is 12.2 Å². The third-order valence-corrected chi connectivity index (χ3v) is 4.02. The first-order valence-corrected chi connectivity index (χ1v) is 8.50. The first-order chi connectivity index (χ1) is 12.7. The fourth-order valence-corrected chi connectivity index (χ4v) is 2.47. The fourth-order valence-electron chi connectivity index (χ4n) is 2.47. The number of hydrogen-bond acceptors (Lipinski definition) is 2. The molecule has 0 aliphatic heterocycles. The van der Waals surface area contributed by atoms with Crippen molar-refractivity contribution in [2.75, 3.05) is 13.7 Å². The summed E-state index contributed by atoms with van der Waals surface area (Å²) < 4.78 is 40.8. The van der Waals surface area contributed by atoms with E-state index in [9.17, 15) is 18.0 Å². The summed E-state index contributed by atoms with van der Waals surface area (Å²) >= 11 is 0. The summed E-state index contributed by atoms with van der Waals surface area (Å²) in [5.41, 5.74) is 3.71. The molecular weight excluding hydrogens is 357 g/mol. The lowest BCUT2D eigenvalue weighted by molar-refractivity contribution is -0.176. The molecule has 0 atom stereocenters. The Morgan fingerprint density at radius 2 is 1.70 bits per heavy atom. The molecule has 0 aliphatic rings. The Kier molecular flexibility index (Phi) is 7.24. The second kappa shape index (κ2) is 9.41. The lowest BCUT2D eigenvalue weighted by Gasteiger charge is -2.19. The SMILES string of the molecule is Cc1ccccc1CN(C)C(=O)NCc1ccc(COCC(F)(F)F)cc1. The number of urea groups is 1. The Balaban J connectivity index is 1.78. The molecule has 0 spiro atoms. The maximum Gasteiger partial charge on any atom is 0.411 e. The van der Waals surface area contributed by atoms with Gasteiger partial charge in [0.2, 0.25) is 0 Å². The molecule has 0 unspecified atom stereocenters. The van der Waals surface area contributed by atoms with Crippen LogP contribution in [0.15, 0.2) is 48.5 Å². The summed E-state index contributed by atoms with van der Waals surface area (Å²) in [5, 5.41) is 2.83. The number of nitrogens with zero attached hydrogens (tertiary/aromatic N) is 1. The number of aryl methyl sites for hydroxylation is 1. The Hall–Kier alpha value is -2.54. The van der Waals surface area contributed by atoms with E-state index in [-0.39, 0.29) is 12.6 Å². The molecule has 7 heteroatoms. The number of nitrogens with one attached hydrogen (secondary N) is 1. The van der Waals surface area contributed by atoms with Crippen LogP contribution >= 0.6 is 0 Å². The summed E-state index contributed by atoms with van der Waals surface area (Å²) in [5.74, 6) is 0. The second-order valence-electron chi connectivity index (χ2n) is 6.37. The van der Waals surface area contributed by atoms with Gasteiger partial charge in [-0.15, -0.1) is 0 Å². The number of carbonyl (C=O) groups excluding carboxylic acids is 1. The molecule has 2 aromatic rings. The van der Waals surface area contributed by atoms with Gasteiger partial charge in [0.15, 0.2) is 0 Å². The summed E-state index contributed by atoms with van der Waals surface area (Å²) in [6.07, 6.45) is -4.32. The maximum absolute atomic E-state index is 12.2. The first kappa shape index (κ1) is 20.8. The van der Waals surface area contributed by atoms with Crippen molar-refractivity contribution in [3.63, 3.8) is 0 Å². The fraction of sp³-hybridized carbons (Fsp3) is 0.350. The minimum absolute atomic E-state index is 0.106. The van der Waals surface area contributed by atoms with Crippen molar-refractivity contribution in [1.29, 1.82) is 0 Å². The van der Waals surface area contributed by atoms with Gasteiger partial charge in [0.25, 0.3) is 0 Å². The molecule has 146 valence electrons. The maximum atomic E-state index is 12.2. The van der Waals surface area contributed by atoms with Crippen molar-refractivity contribution in [3.8, 4) is 0 Å². The van der Waals surface area contributed by atoms with E-state index in [0.29, 0.717) is 18.7 Å². The number of ether oxygens (including phenoxy) is 1. The van der Waals surface area contributed by atoms with Crippen molar-refractivity contribution < 1.29 is 22.7 Å². The van der Waals surface area contributed by atoms with Gasteiger partial charge in [-0.1, -0.05) is 48.5 Å². The average Bonchev–Trinajstić information content (AvgIpc) is 2.61. The van der Waals surface area contributed by atoms with E-state index < -0.39 is 12.8 Å². The van der Waals surface area contributed by atoms with Gasteiger partial charge in [0, 0.05) is 20.1 Å². The van der Waals surface area contributed by atoms with Crippen molar-refractivity contribution in [2.24, 2.45) is 0 Å². The molecule has 2 amide bonds. The molecule has 1 N–H and O–H groups in total. The molecule has 0 radical (unpaired) electrons. The molecule has 2 rings (SSSR count). The molecule has 27 heavy (non-hydrogen) atoms. The number of halogens is 3. The van der Waals surface area contributed by atoms with E-state index in [1.807, 2.05) is 31.2 Å². The van der Waals surface area contributed by atoms with Crippen LogP contribution in [0.1, 0.15) is 22.3 Å². The van der Waals surface area contributed by atoms with E-state index in [2.05, 4.69) is 10.1 Å². The summed E-state index contributed by atoms with van der Waals surface area (Å²) in [6, 6.07) is 14.6. The van der Waals surface area contributed by atoms with Crippen molar-refractivity contribution in [2.45, 2.75) is 32.8 Å². The molecule has 2 aromatic carbocycles. The van der Waals surface area contributed by atoms with Crippen LogP contribution in [-0.2, 0) is 24.4 Å². The number of amides is 2. The molecular formula is C20H23F3N2O2. The van der Waals surface area contributed by atoms with Crippen LogP contribution in [0.25, 0.3) is 0 Å². The van der Waals surface area contributed by atoms with Crippen LogP contribution in [0.5, 0.6) is 0 Å². The Bertz CT molecular complexity index is 746. The van der Waals surface area contributed by atoms with E-state index in [1.165, 1.54) is 0 Å². The second-order valence-corrected chi connectivity index (χ2v) is 6.37. The topological polar surface area (TPSA) is 41.6 Å². The summed E-state index contributed by atoms with van der Waals surface area (Å²) in [4.78, 5) is 13.8. The van der Waals surface area contributed by atoms with Gasteiger partial charge in [-0.05, 0) is 29.2 Å².